The van der Waals surface area contributed by atoms with E-state index in [4.69, 9.17) is 15.2 Å². The highest BCUT2D eigenvalue weighted by molar-refractivity contribution is 5.96. The first-order valence-electron chi connectivity index (χ1n) is 10.8. The molecule has 1 atom stereocenters. The number of nitrogens with zero attached hydrogens (tertiary/aromatic N) is 3. The molecule has 0 radical (unpaired) electrons. The maximum absolute atomic E-state index is 13.1. The number of ether oxygens (including phenoxy) is 2. The van der Waals surface area contributed by atoms with Crippen LogP contribution in [0.25, 0.3) is 0 Å². The molecule has 0 bridgehead atoms. The summed E-state index contributed by atoms with van der Waals surface area (Å²) in [6.07, 6.45) is -4.58. The zero-order valence-electron chi connectivity index (χ0n) is 19.2. The molecular weight excluding hydrogens is 489 g/mol. The van der Waals surface area contributed by atoms with Gasteiger partial charge in [-0.05, 0) is 30.7 Å². The molecule has 196 valence electrons. The average Bonchev–Trinajstić information content (AvgIpc) is 2.84. The van der Waals surface area contributed by atoms with Crippen LogP contribution in [0.4, 0.5) is 30.6 Å². The second-order valence-electron chi connectivity index (χ2n) is 7.42. The Morgan fingerprint density at radius 1 is 1.16 bits per heavy atom. The number of nitrogens with two attached hydrogens (primary N) is 1. The summed E-state index contributed by atoms with van der Waals surface area (Å²) in [5.74, 6) is -1.08. The third-order valence-electron chi connectivity index (χ3n) is 4.77. The smallest absolute Gasteiger partial charge is 0.416 e. The number of anilines is 3. The number of hydrogen-bond acceptors (Lipinski definition) is 8. The van der Waals surface area contributed by atoms with E-state index in [1.807, 2.05) is 36.4 Å². The fraction of sp³-hybridized carbons (Fsp3) is 0.280. The van der Waals surface area contributed by atoms with Gasteiger partial charge < -0.3 is 25.8 Å². The molecule has 0 aliphatic rings. The highest BCUT2D eigenvalue weighted by atomic mass is 19.4. The highest BCUT2D eigenvalue weighted by Gasteiger charge is 2.31. The normalized spacial score (nSPS) is 11.5. The second kappa shape index (κ2) is 13.1. The molecule has 0 saturated carbocycles. The molecule has 0 aliphatic heterocycles. The van der Waals surface area contributed by atoms with E-state index in [1.54, 1.807) is 6.92 Å². The Hall–Kier alpha value is -4.37. The Bertz CT molecular complexity index is 1230. The summed E-state index contributed by atoms with van der Waals surface area (Å²) in [5.41, 5.74) is 5.50. The standard InChI is InChI=1S/C24H23F3N6O3.CH4/c1-2-36-22-18(12-28)20(32-23(29)33-22)31-19(14-35-13-15-7-4-3-5-8-15)21(34)30-17-10-6-9-16(11-17)24(25,26)27;/h3-11,19H,2,13-14H2,1H3,(H,30,34)(H3,29,31,32,33);1H4/t19-;/m0./s1. The van der Waals surface area contributed by atoms with Crippen LogP contribution in [0.3, 0.4) is 0 Å². The molecule has 4 N–H and O–H groups in total. The Morgan fingerprint density at radius 3 is 2.54 bits per heavy atom. The van der Waals surface area contributed by atoms with Crippen LogP contribution in [0.2, 0.25) is 0 Å². The zero-order valence-corrected chi connectivity index (χ0v) is 19.2. The van der Waals surface area contributed by atoms with Crippen molar-refractivity contribution in [1.82, 2.24) is 9.97 Å². The van der Waals surface area contributed by atoms with Crippen molar-refractivity contribution in [2.75, 3.05) is 29.6 Å². The molecule has 0 aliphatic carbocycles. The lowest BCUT2D eigenvalue weighted by Gasteiger charge is -2.21. The van der Waals surface area contributed by atoms with Gasteiger partial charge in [-0.15, -0.1) is 0 Å². The molecule has 1 amide bonds. The first-order valence-corrected chi connectivity index (χ1v) is 10.8. The Kier molecular flexibility index (Phi) is 10.2. The van der Waals surface area contributed by atoms with Crippen LogP contribution in [-0.2, 0) is 22.3 Å². The lowest BCUT2D eigenvalue weighted by atomic mass is 10.2. The molecule has 0 unspecified atom stereocenters. The van der Waals surface area contributed by atoms with Crippen LogP contribution in [0.15, 0.2) is 54.6 Å². The minimum absolute atomic E-state index is 0. The fourth-order valence-electron chi connectivity index (χ4n) is 3.12. The van der Waals surface area contributed by atoms with E-state index in [-0.39, 0.29) is 56.1 Å². The van der Waals surface area contributed by atoms with Gasteiger partial charge in [0.05, 0.1) is 25.4 Å². The van der Waals surface area contributed by atoms with Gasteiger partial charge in [-0.25, -0.2) is 0 Å². The van der Waals surface area contributed by atoms with Crippen LogP contribution in [0.5, 0.6) is 5.88 Å². The number of rotatable bonds is 10. The number of carbonyl (C=O) groups excluding carboxylic acids is 1. The number of hydrogen-bond donors (Lipinski definition) is 3. The van der Waals surface area contributed by atoms with Crippen molar-refractivity contribution in [2.45, 2.75) is 33.2 Å². The predicted octanol–water partition coefficient (Wildman–Crippen LogP) is 4.62. The second-order valence-corrected chi connectivity index (χ2v) is 7.42. The van der Waals surface area contributed by atoms with Crippen LogP contribution in [0.1, 0.15) is 31.0 Å². The van der Waals surface area contributed by atoms with Gasteiger partial charge in [-0.1, -0.05) is 43.8 Å². The maximum Gasteiger partial charge on any atom is 0.416 e. The first kappa shape index (κ1) is 28.9. The summed E-state index contributed by atoms with van der Waals surface area (Å²) < 4.78 is 50.3. The summed E-state index contributed by atoms with van der Waals surface area (Å²) in [6.45, 7) is 1.84. The summed E-state index contributed by atoms with van der Waals surface area (Å²) in [6, 6.07) is 14.1. The van der Waals surface area contributed by atoms with Gasteiger partial charge in [-0.2, -0.15) is 28.4 Å². The van der Waals surface area contributed by atoms with E-state index in [0.29, 0.717) is 0 Å². The van der Waals surface area contributed by atoms with E-state index in [1.165, 1.54) is 12.1 Å². The molecule has 3 aromatic rings. The molecule has 9 nitrogen and oxygen atoms in total. The van der Waals surface area contributed by atoms with Crippen molar-refractivity contribution in [2.24, 2.45) is 0 Å². The first-order chi connectivity index (χ1) is 17.2. The molecule has 1 aromatic heterocycles. The van der Waals surface area contributed by atoms with Gasteiger partial charge in [0, 0.05) is 5.69 Å². The van der Waals surface area contributed by atoms with Gasteiger partial charge >= 0.3 is 6.18 Å². The lowest BCUT2D eigenvalue weighted by molar-refractivity contribution is -0.137. The Labute approximate surface area is 212 Å². The number of alkyl halides is 3. The minimum atomic E-state index is -4.58. The quantitative estimate of drug-likeness (QED) is 0.355. The van der Waals surface area contributed by atoms with Crippen molar-refractivity contribution in [3.8, 4) is 11.9 Å². The number of nitrogens with one attached hydrogen (secondary N) is 2. The zero-order chi connectivity index (χ0) is 26.1. The molecule has 1 heterocycles. The van der Waals surface area contributed by atoms with Crippen molar-refractivity contribution in [1.29, 1.82) is 5.26 Å². The van der Waals surface area contributed by atoms with Crippen LogP contribution >= 0.6 is 0 Å². The van der Waals surface area contributed by atoms with Gasteiger partial charge in [0.25, 0.3) is 0 Å². The predicted molar refractivity (Wildman–Crippen MR) is 133 cm³/mol. The number of carbonyl (C=O) groups is 1. The maximum atomic E-state index is 13.1. The van der Waals surface area contributed by atoms with E-state index in [9.17, 15) is 23.2 Å². The summed E-state index contributed by atoms with van der Waals surface area (Å²) in [5, 5.41) is 14.8. The van der Waals surface area contributed by atoms with Crippen molar-refractivity contribution in [3.63, 3.8) is 0 Å². The van der Waals surface area contributed by atoms with Crippen LogP contribution < -0.4 is 21.1 Å². The van der Waals surface area contributed by atoms with E-state index < -0.39 is 23.7 Å². The molecule has 12 heteroatoms. The molecule has 0 spiro atoms. The number of amides is 1. The molecular formula is C25H27F3N6O3. The van der Waals surface area contributed by atoms with E-state index in [2.05, 4.69) is 20.6 Å². The summed E-state index contributed by atoms with van der Waals surface area (Å²) in [7, 11) is 0. The van der Waals surface area contributed by atoms with Crippen molar-refractivity contribution in [3.05, 3.63) is 71.3 Å². The van der Waals surface area contributed by atoms with Crippen molar-refractivity contribution >= 4 is 23.4 Å². The average molecular weight is 517 g/mol. The minimum Gasteiger partial charge on any atom is -0.477 e. The van der Waals surface area contributed by atoms with Crippen LogP contribution in [0, 0.1) is 11.3 Å². The van der Waals surface area contributed by atoms with E-state index in [0.717, 1.165) is 17.7 Å². The fourth-order valence-corrected chi connectivity index (χ4v) is 3.12. The van der Waals surface area contributed by atoms with Gasteiger partial charge in [-0.3, -0.25) is 4.79 Å². The third-order valence-corrected chi connectivity index (χ3v) is 4.77. The molecule has 0 fully saturated rings. The SMILES string of the molecule is C.CCOc1nc(N)nc(N[C@@H](COCc2ccccc2)C(=O)Nc2cccc(C(F)(F)F)c2)c1C#N. The molecule has 0 saturated heterocycles. The molecule has 2 aromatic carbocycles. The largest absolute Gasteiger partial charge is 0.477 e. The third kappa shape index (κ3) is 8.08. The number of halogens is 3. The number of aromatic nitrogens is 2. The van der Waals surface area contributed by atoms with Crippen LogP contribution in [-0.4, -0.2) is 35.1 Å². The summed E-state index contributed by atoms with van der Waals surface area (Å²) >= 11 is 0. The molecule has 37 heavy (non-hydrogen) atoms. The van der Waals surface area contributed by atoms with Gasteiger partial charge in [0.1, 0.15) is 12.1 Å². The van der Waals surface area contributed by atoms with E-state index >= 15 is 0 Å². The Balaban J connectivity index is 0.00000481. The number of benzene rings is 2. The molecule has 3 rings (SSSR count). The monoisotopic (exact) mass is 516 g/mol. The number of nitriles is 1. The van der Waals surface area contributed by atoms with Crippen molar-refractivity contribution < 1.29 is 27.4 Å². The van der Waals surface area contributed by atoms with Gasteiger partial charge in [0.15, 0.2) is 11.4 Å². The Morgan fingerprint density at radius 2 is 1.89 bits per heavy atom. The van der Waals surface area contributed by atoms with Gasteiger partial charge in [0.2, 0.25) is 17.7 Å². The number of nitrogen functional groups attached to an aromatic ring is 1. The lowest BCUT2D eigenvalue weighted by Crippen LogP contribution is -2.39. The highest BCUT2D eigenvalue weighted by Crippen LogP contribution is 2.31. The summed E-state index contributed by atoms with van der Waals surface area (Å²) in [4.78, 5) is 21.0. The topological polar surface area (TPSA) is 135 Å².